The molecule has 0 spiro atoms. The van der Waals surface area contributed by atoms with Crippen molar-refractivity contribution in [2.24, 2.45) is 10.7 Å². The predicted octanol–water partition coefficient (Wildman–Crippen LogP) is 4.26. The molecule has 0 unspecified atom stereocenters. The van der Waals surface area contributed by atoms with Crippen LogP contribution in [0.2, 0.25) is 0 Å². The van der Waals surface area contributed by atoms with Gasteiger partial charge in [-0.25, -0.2) is 9.97 Å². The number of benzene rings is 2. The molecule has 4 rings (SSSR count). The van der Waals surface area contributed by atoms with E-state index in [0.717, 1.165) is 59.8 Å². The molecule has 3 aromatic rings. The van der Waals surface area contributed by atoms with Crippen LogP contribution < -0.4 is 15.2 Å². The summed E-state index contributed by atoms with van der Waals surface area (Å²) in [7, 11) is 3.30. The van der Waals surface area contributed by atoms with Gasteiger partial charge in [0.1, 0.15) is 11.5 Å². The lowest BCUT2D eigenvalue weighted by Crippen LogP contribution is -2.40. The molecule has 0 radical (unpaired) electrons. The van der Waals surface area contributed by atoms with Crippen molar-refractivity contribution in [3.63, 3.8) is 0 Å². The summed E-state index contributed by atoms with van der Waals surface area (Å²) in [6, 6.07) is 15.6. The van der Waals surface area contributed by atoms with E-state index in [0.29, 0.717) is 11.9 Å². The standard InChI is InChI=1S/C24H27N5O2/c1-30-19-10-6-17(7-11-19)21-16-26-24(28-23(25)29-14-4-3-5-15-29)27-22(21)18-8-12-20(31-2)13-9-18/h6-13,16H,3-5,14-15H2,1-2H3,(H2,25,26,27,28). The molecule has 0 aliphatic carbocycles. The normalized spacial score (nSPS) is 14.4. The van der Waals surface area contributed by atoms with Gasteiger partial charge in [0.15, 0.2) is 5.96 Å². The third kappa shape index (κ3) is 4.77. The average Bonchev–Trinajstić information content (AvgIpc) is 2.84. The van der Waals surface area contributed by atoms with Crippen molar-refractivity contribution in [3.05, 3.63) is 54.7 Å². The molecule has 1 fully saturated rings. The monoisotopic (exact) mass is 417 g/mol. The molecule has 2 aromatic carbocycles. The Morgan fingerprint density at radius 1 is 0.871 bits per heavy atom. The van der Waals surface area contributed by atoms with E-state index >= 15 is 0 Å². The van der Waals surface area contributed by atoms with Crippen LogP contribution in [0.25, 0.3) is 22.4 Å². The van der Waals surface area contributed by atoms with Gasteiger partial charge in [0.05, 0.1) is 19.9 Å². The first kappa shape index (κ1) is 20.7. The van der Waals surface area contributed by atoms with Gasteiger partial charge in [-0.05, 0) is 61.2 Å². The maximum Gasteiger partial charge on any atom is 0.253 e. The molecule has 2 N–H and O–H groups in total. The summed E-state index contributed by atoms with van der Waals surface area (Å²) in [5, 5.41) is 0. The molecule has 0 amide bonds. The number of hydrogen-bond donors (Lipinski definition) is 1. The molecule has 0 bridgehead atoms. The second kappa shape index (κ2) is 9.47. The van der Waals surface area contributed by atoms with Gasteiger partial charge in [0.2, 0.25) is 0 Å². The third-order valence-electron chi connectivity index (χ3n) is 5.44. The van der Waals surface area contributed by atoms with Crippen molar-refractivity contribution >= 4 is 11.9 Å². The van der Waals surface area contributed by atoms with Crippen molar-refractivity contribution in [3.8, 4) is 33.9 Å². The molecule has 31 heavy (non-hydrogen) atoms. The van der Waals surface area contributed by atoms with E-state index in [1.807, 2.05) is 48.5 Å². The van der Waals surface area contributed by atoms with E-state index in [1.54, 1.807) is 20.4 Å². The second-order valence-electron chi connectivity index (χ2n) is 7.41. The number of nitrogens with zero attached hydrogens (tertiary/aromatic N) is 4. The van der Waals surface area contributed by atoms with Crippen molar-refractivity contribution in [1.82, 2.24) is 14.9 Å². The second-order valence-corrected chi connectivity index (χ2v) is 7.41. The highest BCUT2D eigenvalue weighted by atomic mass is 16.5. The van der Waals surface area contributed by atoms with Gasteiger partial charge in [-0.15, -0.1) is 0 Å². The molecule has 0 atom stereocenters. The Bertz CT molecular complexity index is 1040. The van der Waals surface area contributed by atoms with Crippen LogP contribution in [0, 0.1) is 0 Å². The topological polar surface area (TPSA) is 85.9 Å². The fraction of sp³-hybridized carbons (Fsp3) is 0.292. The molecule has 160 valence electrons. The van der Waals surface area contributed by atoms with E-state index in [9.17, 15) is 0 Å². The number of aromatic nitrogens is 2. The predicted molar refractivity (Wildman–Crippen MR) is 123 cm³/mol. The van der Waals surface area contributed by atoms with Crippen LogP contribution in [0.4, 0.5) is 5.95 Å². The number of rotatable bonds is 5. The fourth-order valence-electron chi connectivity index (χ4n) is 3.67. The molecule has 1 aromatic heterocycles. The molecule has 1 saturated heterocycles. The van der Waals surface area contributed by atoms with Gasteiger partial charge < -0.3 is 20.1 Å². The Morgan fingerprint density at radius 2 is 1.45 bits per heavy atom. The van der Waals surface area contributed by atoms with Gasteiger partial charge in [-0.1, -0.05) is 12.1 Å². The maximum atomic E-state index is 6.25. The molecular weight excluding hydrogens is 390 g/mol. The van der Waals surface area contributed by atoms with E-state index in [-0.39, 0.29) is 0 Å². The number of guanidine groups is 1. The Morgan fingerprint density at radius 3 is 2.03 bits per heavy atom. The molecular formula is C24H27N5O2. The van der Waals surface area contributed by atoms with Gasteiger partial charge in [-0.3, -0.25) is 0 Å². The Labute approximate surface area is 182 Å². The highest BCUT2D eigenvalue weighted by Gasteiger charge is 2.15. The Hall–Kier alpha value is -3.61. The van der Waals surface area contributed by atoms with Crippen LogP contribution in [-0.4, -0.2) is 48.1 Å². The lowest BCUT2D eigenvalue weighted by atomic mass is 10.0. The highest BCUT2D eigenvalue weighted by Crippen LogP contribution is 2.33. The van der Waals surface area contributed by atoms with Crippen molar-refractivity contribution in [1.29, 1.82) is 0 Å². The maximum absolute atomic E-state index is 6.25. The van der Waals surface area contributed by atoms with Gasteiger partial charge in [0, 0.05) is 30.4 Å². The van der Waals surface area contributed by atoms with E-state index in [4.69, 9.17) is 20.2 Å². The largest absolute Gasteiger partial charge is 0.497 e. The minimum Gasteiger partial charge on any atom is -0.497 e. The Kier molecular flexibility index (Phi) is 6.31. The zero-order chi connectivity index (χ0) is 21.6. The Balaban J connectivity index is 1.75. The zero-order valence-corrected chi connectivity index (χ0v) is 17.9. The van der Waals surface area contributed by atoms with Crippen LogP contribution >= 0.6 is 0 Å². The summed E-state index contributed by atoms with van der Waals surface area (Å²) >= 11 is 0. The summed E-state index contributed by atoms with van der Waals surface area (Å²) in [6.45, 7) is 1.84. The number of ether oxygens (including phenoxy) is 2. The fourth-order valence-corrected chi connectivity index (χ4v) is 3.67. The highest BCUT2D eigenvalue weighted by molar-refractivity contribution is 5.83. The first-order valence-electron chi connectivity index (χ1n) is 10.4. The van der Waals surface area contributed by atoms with Crippen LogP contribution in [0.1, 0.15) is 19.3 Å². The third-order valence-corrected chi connectivity index (χ3v) is 5.44. The number of nitrogens with two attached hydrogens (primary N) is 1. The smallest absolute Gasteiger partial charge is 0.253 e. The SMILES string of the molecule is COc1ccc(-c2cnc(/N=C(\N)N3CCCCC3)nc2-c2ccc(OC)cc2)cc1. The number of piperidine rings is 1. The van der Waals surface area contributed by atoms with Crippen LogP contribution in [-0.2, 0) is 0 Å². The molecule has 1 aliphatic heterocycles. The number of hydrogen-bond acceptors (Lipinski definition) is 5. The zero-order valence-electron chi connectivity index (χ0n) is 17.9. The minimum atomic E-state index is 0.353. The van der Waals surface area contributed by atoms with Crippen LogP contribution in [0.5, 0.6) is 11.5 Å². The summed E-state index contributed by atoms with van der Waals surface area (Å²) in [4.78, 5) is 15.9. The molecule has 0 saturated carbocycles. The van der Waals surface area contributed by atoms with Gasteiger partial charge >= 0.3 is 0 Å². The van der Waals surface area contributed by atoms with Crippen molar-refractivity contribution in [2.75, 3.05) is 27.3 Å². The van der Waals surface area contributed by atoms with Gasteiger partial charge in [0.25, 0.3) is 5.95 Å². The van der Waals surface area contributed by atoms with Crippen molar-refractivity contribution in [2.45, 2.75) is 19.3 Å². The van der Waals surface area contributed by atoms with Crippen LogP contribution in [0.15, 0.2) is 59.7 Å². The quantitative estimate of drug-likeness (QED) is 0.493. The lowest BCUT2D eigenvalue weighted by molar-refractivity contribution is 0.339. The van der Waals surface area contributed by atoms with E-state index in [2.05, 4.69) is 14.9 Å². The van der Waals surface area contributed by atoms with Crippen molar-refractivity contribution < 1.29 is 9.47 Å². The minimum absolute atomic E-state index is 0.353. The summed E-state index contributed by atoms with van der Waals surface area (Å²) in [5.41, 5.74) is 9.88. The first-order valence-corrected chi connectivity index (χ1v) is 10.4. The lowest BCUT2D eigenvalue weighted by Gasteiger charge is -2.27. The summed E-state index contributed by atoms with van der Waals surface area (Å²) in [5.74, 6) is 2.41. The molecule has 2 heterocycles. The number of methoxy groups -OCH3 is 2. The summed E-state index contributed by atoms with van der Waals surface area (Å²) < 4.78 is 10.6. The first-order chi connectivity index (χ1) is 15.2. The van der Waals surface area contributed by atoms with Gasteiger partial charge in [-0.2, -0.15) is 4.99 Å². The van der Waals surface area contributed by atoms with E-state index < -0.39 is 0 Å². The van der Waals surface area contributed by atoms with Crippen LogP contribution in [0.3, 0.4) is 0 Å². The molecule has 7 heteroatoms. The summed E-state index contributed by atoms with van der Waals surface area (Å²) in [6.07, 6.45) is 5.30. The van der Waals surface area contributed by atoms with E-state index in [1.165, 1.54) is 6.42 Å². The number of likely N-dealkylation sites (tertiary alicyclic amines) is 1. The average molecular weight is 418 g/mol. The number of aliphatic imine (C=N–C) groups is 1. The molecule has 1 aliphatic rings. The molecule has 7 nitrogen and oxygen atoms in total.